The number of nitrogens with zero attached hydrogens (tertiary/aromatic N) is 1. The Morgan fingerprint density at radius 3 is 2.90 bits per heavy atom. The lowest BCUT2D eigenvalue weighted by Gasteiger charge is -2.34. The first-order valence-electron chi connectivity index (χ1n) is 6.70. The van der Waals surface area contributed by atoms with Gasteiger partial charge in [0, 0.05) is 30.1 Å². The highest BCUT2D eigenvalue weighted by Gasteiger charge is 2.35. The van der Waals surface area contributed by atoms with E-state index >= 15 is 0 Å². The second-order valence-electron chi connectivity index (χ2n) is 5.31. The van der Waals surface area contributed by atoms with E-state index in [0.717, 1.165) is 17.7 Å². The van der Waals surface area contributed by atoms with E-state index in [9.17, 15) is 5.11 Å². The molecular formula is C16H18N2O2. The monoisotopic (exact) mass is 270 g/mol. The highest BCUT2D eigenvalue weighted by Crippen LogP contribution is 2.39. The molecule has 3 N–H and O–H groups in total. The van der Waals surface area contributed by atoms with Gasteiger partial charge < -0.3 is 15.6 Å². The number of aromatic nitrogens is 1. The predicted molar refractivity (Wildman–Crippen MR) is 77.6 cm³/mol. The average molecular weight is 270 g/mol. The molecule has 1 aliphatic carbocycles. The van der Waals surface area contributed by atoms with Crippen molar-refractivity contribution in [2.75, 3.05) is 12.8 Å². The summed E-state index contributed by atoms with van der Waals surface area (Å²) in [7, 11) is 1.65. The molecule has 0 saturated carbocycles. The average Bonchev–Trinajstić information content (AvgIpc) is 2.46. The van der Waals surface area contributed by atoms with Crippen molar-refractivity contribution in [1.29, 1.82) is 0 Å². The number of ether oxygens (including phenoxy) is 1. The van der Waals surface area contributed by atoms with Crippen LogP contribution in [0.3, 0.4) is 0 Å². The molecule has 0 bridgehead atoms. The molecule has 0 saturated heterocycles. The van der Waals surface area contributed by atoms with Crippen LogP contribution in [-0.2, 0) is 18.4 Å². The minimum atomic E-state index is -0.947. The van der Waals surface area contributed by atoms with Gasteiger partial charge in [0.25, 0.3) is 0 Å². The molecule has 104 valence electrons. The van der Waals surface area contributed by atoms with E-state index in [1.165, 1.54) is 5.56 Å². The van der Waals surface area contributed by atoms with Crippen LogP contribution in [0.4, 0.5) is 5.69 Å². The van der Waals surface area contributed by atoms with Gasteiger partial charge in [-0.2, -0.15) is 0 Å². The van der Waals surface area contributed by atoms with E-state index in [1.807, 2.05) is 12.1 Å². The first-order valence-corrected chi connectivity index (χ1v) is 6.70. The van der Waals surface area contributed by atoms with Gasteiger partial charge in [-0.1, -0.05) is 6.07 Å². The third-order valence-electron chi connectivity index (χ3n) is 4.06. The van der Waals surface area contributed by atoms with Crippen LogP contribution in [-0.4, -0.2) is 17.2 Å². The van der Waals surface area contributed by atoms with E-state index in [0.29, 0.717) is 24.1 Å². The highest BCUT2D eigenvalue weighted by atomic mass is 16.5. The van der Waals surface area contributed by atoms with Crippen LogP contribution in [0.1, 0.15) is 23.1 Å². The Bertz CT molecular complexity index is 642. The van der Waals surface area contributed by atoms with Gasteiger partial charge in [0.15, 0.2) is 0 Å². The van der Waals surface area contributed by atoms with Crippen LogP contribution in [0, 0.1) is 0 Å². The van der Waals surface area contributed by atoms with E-state index in [-0.39, 0.29) is 0 Å². The Balaban J connectivity index is 2.00. The molecule has 0 amide bonds. The van der Waals surface area contributed by atoms with Crippen LogP contribution in [0.5, 0.6) is 5.75 Å². The van der Waals surface area contributed by atoms with E-state index in [4.69, 9.17) is 10.5 Å². The molecule has 4 nitrogen and oxygen atoms in total. The van der Waals surface area contributed by atoms with Gasteiger partial charge in [-0.05, 0) is 42.2 Å². The SMILES string of the molecule is COc1ccc2c(c1)CC(O)(c1cnccc1N)CC2. The number of anilines is 1. The van der Waals surface area contributed by atoms with Gasteiger partial charge in [-0.25, -0.2) is 0 Å². The fraction of sp³-hybridized carbons (Fsp3) is 0.312. The molecular weight excluding hydrogens is 252 g/mol. The summed E-state index contributed by atoms with van der Waals surface area (Å²) >= 11 is 0. The smallest absolute Gasteiger partial charge is 0.119 e. The van der Waals surface area contributed by atoms with Crippen molar-refractivity contribution >= 4 is 5.69 Å². The fourth-order valence-corrected chi connectivity index (χ4v) is 2.91. The third kappa shape index (κ3) is 2.12. The molecule has 20 heavy (non-hydrogen) atoms. The zero-order chi connectivity index (χ0) is 14.2. The first-order chi connectivity index (χ1) is 9.62. The Hall–Kier alpha value is -2.07. The Kier molecular flexibility index (Phi) is 3.10. The van der Waals surface area contributed by atoms with Gasteiger partial charge in [-0.3, -0.25) is 4.98 Å². The summed E-state index contributed by atoms with van der Waals surface area (Å²) in [5.74, 6) is 0.812. The molecule has 1 heterocycles. The van der Waals surface area contributed by atoms with Crippen molar-refractivity contribution in [3.8, 4) is 5.75 Å². The summed E-state index contributed by atoms with van der Waals surface area (Å²) in [4.78, 5) is 4.09. The normalized spacial score (nSPS) is 21.3. The number of fused-ring (bicyclic) bond motifs is 1. The molecule has 1 unspecified atom stereocenters. The summed E-state index contributed by atoms with van der Waals surface area (Å²) < 4.78 is 5.26. The molecule has 0 radical (unpaired) electrons. The Morgan fingerprint density at radius 1 is 1.30 bits per heavy atom. The summed E-state index contributed by atoms with van der Waals surface area (Å²) in [5, 5.41) is 11.0. The maximum absolute atomic E-state index is 11.0. The maximum Gasteiger partial charge on any atom is 0.119 e. The minimum Gasteiger partial charge on any atom is -0.497 e. The Labute approximate surface area is 118 Å². The van der Waals surface area contributed by atoms with Crippen LogP contribution in [0.2, 0.25) is 0 Å². The number of methoxy groups -OCH3 is 1. The molecule has 1 aromatic carbocycles. The molecule has 1 atom stereocenters. The number of pyridine rings is 1. The summed E-state index contributed by atoms with van der Waals surface area (Å²) in [6.07, 6.45) is 5.32. The number of aliphatic hydroxyl groups is 1. The van der Waals surface area contributed by atoms with Crippen molar-refractivity contribution in [2.24, 2.45) is 0 Å². The third-order valence-corrected chi connectivity index (χ3v) is 4.06. The van der Waals surface area contributed by atoms with Gasteiger partial charge in [-0.15, -0.1) is 0 Å². The molecule has 0 aliphatic heterocycles. The summed E-state index contributed by atoms with van der Waals surface area (Å²) in [5.41, 5.74) is 8.72. The molecule has 1 aromatic heterocycles. The van der Waals surface area contributed by atoms with E-state index in [1.54, 1.807) is 25.6 Å². The molecule has 0 spiro atoms. The molecule has 3 rings (SSSR count). The molecule has 0 fully saturated rings. The lowest BCUT2D eigenvalue weighted by molar-refractivity contribution is 0.0226. The largest absolute Gasteiger partial charge is 0.497 e. The number of benzene rings is 1. The lowest BCUT2D eigenvalue weighted by atomic mass is 9.76. The number of nitrogens with two attached hydrogens (primary N) is 1. The maximum atomic E-state index is 11.0. The predicted octanol–water partition coefficient (Wildman–Crippen LogP) is 2.05. The van der Waals surface area contributed by atoms with Crippen LogP contribution in [0.15, 0.2) is 36.7 Å². The first kappa shape index (κ1) is 12.9. The van der Waals surface area contributed by atoms with Crippen molar-refractivity contribution in [1.82, 2.24) is 4.98 Å². The fourth-order valence-electron chi connectivity index (χ4n) is 2.91. The molecule has 4 heteroatoms. The number of hydrogen-bond acceptors (Lipinski definition) is 4. The van der Waals surface area contributed by atoms with Gasteiger partial charge >= 0.3 is 0 Å². The summed E-state index contributed by atoms with van der Waals surface area (Å²) in [6, 6.07) is 7.75. The number of aryl methyl sites for hydroxylation is 1. The lowest BCUT2D eigenvalue weighted by Crippen LogP contribution is -2.34. The van der Waals surface area contributed by atoms with Gasteiger partial charge in [0.1, 0.15) is 5.75 Å². The molecule has 2 aromatic rings. The molecule has 1 aliphatic rings. The van der Waals surface area contributed by atoms with Gasteiger partial charge in [0.2, 0.25) is 0 Å². The minimum absolute atomic E-state index is 0.537. The topological polar surface area (TPSA) is 68.4 Å². The van der Waals surface area contributed by atoms with Crippen LogP contribution < -0.4 is 10.5 Å². The van der Waals surface area contributed by atoms with Crippen molar-refractivity contribution < 1.29 is 9.84 Å². The van der Waals surface area contributed by atoms with Gasteiger partial charge in [0.05, 0.1) is 12.7 Å². The second kappa shape index (κ2) is 4.80. The van der Waals surface area contributed by atoms with Crippen molar-refractivity contribution in [3.05, 3.63) is 53.3 Å². The summed E-state index contributed by atoms with van der Waals surface area (Å²) in [6.45, 7) is 0. The van der Waals surface area contributed by atoms with Crippen molar-refractivity contribution in [2.45, 2.75) is 24.9 Å². The zero-order valence-corrected chi connectivity index (χ0v) is 11.5. The zero-order valence-electron chi connectivity index (χ0n) is 11.5. The number of nitrogen functional groups attached to an aromatic ring is 1. The second-order valence-corrected chi connectivity index (χ2v) is 5.31. The Morgan fingerprint density at radius 2 is 2.15 bits per heavy atom. The quantitative estimate of drug-likeness (QED) is 0.876. The standard InChI is InChI=1S/C16H18N2O2/c1-20-13-3-2-11-4-6-16(19,9-12(11)8-13)14-10-18-7-5-15(14)17/h2-3,5,7-8,10,19H,4,6,9H2,1H3,(H2,17,18). The number of rotatable bonds is 2. The number of hydrogen-bond donors (Lipinski definition) is 2. The van der Waals surface area contributed by atoms with E-state index < -0.39 is 5.60 Å². The van der Waals surface area contributed by atoms with Crippen molar-refractivity contribution in [3.63, 3.8) is 0 Å². The van der Waals surface area contributed by atoms with E-state index in [2.05, 4.69) is 11.1 Å². The highest BCUT2D eigenvalue weighted by molar-refractivity contribution is 5.50. The van der Waals surface area contributed by atoms with Crippen LogP contribution >= 0.6 is 0 Å². The van der Waals surface area contributed by atoms with Crippen LogP contribution in [0.25, 0.3) is 0 Å².